The zero-order chi connectivity index (χ0) is 27.9. The Morgan fingerprint density at radius 3 is 2.08 bits per heavy atom. The van der Waals surface area contributed by atoms with Gasteiger partial charge in [0.1, 0.15) is 11.6 Å². The van der Waals surface area contributed by atoms with Gasteiger partial charge in [0.05, 0.1) is 6.42 Å². The molecule has 0 aromatic heterocycles. The van der Waals surface area contributed by atoms with E-state index >= 15 is 0 Å². The van der Waals surface area contributed by atoms with Gasteiger partial charge in [0, 0.05) is 17.9 Å². The Hall–Kier alpha value is -3.15. The van der Waals surface area contributed by atoms with Crippen LogP contribution in [0.5, 0.6) is 0 Å². The number of esters is 1. The monoisotopic (exact) mass is 520 g/mol. The van der Waals surface area contributed by atoms with Crippen LogP contribution in [0.4, 0.5) is 0 Å². The largest absolute Gasteiger partial charge is 0.460 e. The zero-order valence-corrected chi connectivity index (χ0v) is 23.8. The molecule has 2 N–H and O–H groups in total. The third kappa shape index (κ3) is 9.30. The van der Waals surface area contributed by atoms with E-state index in [-0.39, 0.29) is 24.3 Å². The number of nitrogens with one attached hydrogen (secondary N) is 2. The van der Waals surface area contributed by atoms with E-state index in [1.807, 2.05) is 77.9 Å². The van der Waals surface area contributed by atoms with Gasteiger partial charge in [-0.05, 0) is 63.0 Å². The van der Waals surface area contributed by atoms with Gasteiger partial charge in [-0.25, -0.2) is 0 Å². The van der Waals surface area contributed by atoms with Crippen LogP contribution in [0.3, 0.4) is 0 Å². The molecule has 2 aromatic rings. The minimum Gasteiger partial charge on any atom is -0.460 e. The van der Waals surface area contributed by atoms with Gasteiger partial charge in [-0.2, -0.15) is 0 Å². The maximum Gasteiger partial charge on any atom is 0.307 e. The molecule has 38 heavy (non-hydrogen) atoms. The number of hydrogen-bond donors (Lipinski definition) is 2. The fourth-order valence-corrected chi connectivity index (χ4v) is 4.73. The van der Waals surface area contributed by atoms with Gasteiger partial charge < -0.3 is 15.4 Å². The van der Waals surface area contributed by atoms with Crippen molar-refractivity contribution < 1.29 is 19.1 Å². The number of ether oxygens (including phenoxy) is 1. The second-order valence-corrected chi connectivity index (χ2v) is 12.5. The van der Waals surface area contributed by atoms with Gasteiger partial charge in [-0.15, -0.1) is 0 Å². The molecule has 0 heterocycles. The molecule has 0 bridgehead atoms. The van der Waals surface area contributed by atoms with Crippen molar-refractivity contribution in [3.63, 3.8) is 0 Å². The van der Waals surface area contributed by atoms with Crippen molar-refractivity contribution in [2.75, 3.05) is 0 Å². The smallest absolute Gasteiger partial charge is 0.307 e. The second-order valence-electron chi connectivity index (χ2n) is 12.5. The molecule has 0 radical (unpaired) electrons. The van der Waals surface area contributed by atoms with Crippen LogP contribution in [0, 0.1) is 11.3 Å². The summed E-state index contributed by atoms with van der Waals surface area (Å²) >= 11 is 0. The van der Waals surface area contributed by atoms with Crippen LogP contribution >= 0.6 is 0 Å². The van der Waals surface area contributed by atoms with Crippen LogP contribution < -0.4 is 10.6 Å². The van der Waals surface area contributed by atoms with Crippen LogP contribution in [0.2, 0.25) is 0 Å². The van der Waals surface area contributed by atoms with E-state index in [0.29, 0.717) is 12.3 Å². The SMILES string of the molecule is CC(C)(C)OC(=O)C[C@@H](CCCc1ccccc1)C(=O)N[C@H](C(=O)N[C@@H]1C[C@@H]1c1ccccc1)C(C)(C)C. The number of carbonyl (C=O) groups is 3. The maximum absolute atomic E-state index is 13.5. The molecule has 3 rings (SSSR count). The van der Waals surface area contributed by atoms with E-state index < -0.39 is 28.9 Å². The van der Waals surface area contributed by atoms with Crippen molar-refractivity contribution in [1.29, 1.82) is 0 Å². The fraction of sp³-hybridized carbons (Fsp3) is 0.531. The molecule has 4 atom stereocenters. The quantitative estimate of drug-likeness (QED) is 0.380. The lowest BCUT2D eigenvalue weighted by Gasteiger charge is -2.32. The first kappa shape index (κ1) is 29.4. The summed E-state index contributed by atoms with van der Waals surface area (Å²) in [6.45, 7) is 11.3. The highest BCUT2D eigenvalue weighted by molar-refractivity contribution is 5.91. The van der Waals surface area contributed by atoms with Gasteiger partial charge in [0.25, 0.3) is 0 Å². The van der Waals surface area contributed by atoms with Crippen molar-refractivity contribution in [1.82, 2.24) is 10.6 Å². The van der Waals surface area contributed by atoms with E-state index in [9.17, 15) is 14.4 Å². The molecule has 1 aliphatic rings. The number of carbonyl (C=O) groups excluding carboxylic acids is 3. The normalized spacial score (nSPS) is 18.7. The van der Waals surface area contributed by atoms with Gasteiger partial charge in [-0.3, -0.25) is 14.4 Å². The van der Waals surface area contributed by atoms with E-state index in [2.05, 4.69) is 34.9 Å². The minimum absolute atomic E-state index is 0.0188. The standard InChI is InChI=1S/C32H44N2O4/c1-31(2,3)28(30(37)33-26-21-25(26)23-17-11-8-12-18-23)34-29(36)24(20-27(35)38-32(4,5)6)19-13-16-22-14-9-7-10-15-22/h7-12,14-15,17-18,24-26,28H,13,16,19-21H2,1-6H3,(H,33,37)(H,34,36)/t24-,25-,26-,28-/m1/s1. The Kier molecular flexibility index (Phi) is 9.75. The van der Waals surface area contributed by atoms with Gasteiger partial charge >= 0.3 is 5.97 Å². The number of rotatable bonds is 11. The summed E-state index contributed by atoms with van der Waals surface area (Å²) in [6.07, 6.45) is 2.95. The van der Waals surface area contributed by atoms with E-state index in [1.165, 1.54) is 11.1 Å². The third-order valence-corrected chi connectivity index (χ3v) is 6.83. The molecule has 1 aliphatic carbocycles. The van der Waals surface area contributed by atoms with Crippen LogP contribution in [0.1, 0.15) is 84.3 Å². The van der Waals surface area contributed by atoms with Crippen LogP contribution in [0.25, 0.3) is 0 Å². The second kappa shape index (κ2) is 12.6. The summed E-state index contributed by atoms with van der Waals surface area (Å²) in [5.74, 6) is -1.15. The highest BCUT2D eigenvalue weighted by Crippen LogP contribution is 2.41. The third-order valence-electron chi connectivity index (χ3n) is 6.83. The Balaban J connectivity index is 1.66. The lowest BCUT2D eigenvalue weighted by Crippen LogP contribution is -2.55. The number of hydrogen-bond acceptors (Lipinski definition) is 4. The molecule has 1 fully saturated rings. The van der Waals surface area contributed by atoms with Crippen molar-refractivity contribution in [2.45, 2.75) is 97.2 Å². The van der Waals surface area contributed by atoms with E-state index in [0.717, 1.165) is 19.3 Å². The average Bonchev–Trinajstić information content (AvgIpc) is 3.60. The van der Waals surface area contributed by atoms with Crippen LogP contribution in [-0.2, 0) is 25.5 Å². The topological polar surface area (TPSA) is 84.5 Å². The molecule has 2 aromatic carbocycles. The molecule has 0 unspecified atom stereocenters. The van der Waals surface area contributed by atoms with Gasteiger partial charge in [0.15, 0.2) is 0 Å². The van der Waals surface area contributed by atoms with E-state index in [1.54, 1.807) is 0 Å². The predicted octanol–water partition coefficient (Wildman–Crippen LogP) is 5.56. The number of aryl methyl sites for hydroxylation is 1. The summed E-state index contributed by atoms with van der Waals surface area (Å²) in [6, 6.07) is 19.6. The minimum atomic E-state index is -0.720. The molecular formula is C32H44N2O4. The lowest BCUT2D eigenvalue weighted by molar-refractivity contribution is -0.157. The fourth-order valence-electron chi connectivity index (χ4n) is 4.73. The molecule has 6 heteroatoms. The molecular weight excluding hydrogens is 476 g/mol. The average molecular weight is 521 g/mol. The van der Waals surface area contributed by atoms with E-state index in [4.69, 9.17) is 4.74 Å². The molecule has 0 spiro atoms. The molecule has 6 nitrogen and oxygen atoms in total. The zero-order valence-electron chi connectivity index (χ0n) is 23.8. The van der Waals surface area contributed by atoms with Crippen LogP contribution in [-0.4, -0.2) is 35.5 Å². The maximum atomic E-state index is 13.5. The first-order valence-corrected chi connectivity index (χ1v) is 13.7. The summed E-state index contributed by atoms with van der Waals surface area (Å²) < 4.78 is 5.52. The van der Waals surface area contributed by atoms with Crippen LogP contribution in [0.15, 0.2) is 60.7 Å². The Bertz CT molecular complexity index is 1070. The summed E-state index contributed by atoms with van der Waals surface area (Å²) in [5.41, 5.74) is 1.27. The van der Waals surface area contributed by atoms with Gasteiger partial charge in [0.2, 0.25) is 11.8 Å². The first-order valence-electron chi connectivity index (χ1n) is 13.7. The number of benzene rings is 2. The summed E-state index contributed by atoms with van der Waals surface area (Å²) in [7, 11) is 0. The van der Waals surface area contributed by atoms with Crippen molar-refractivity contribution in [2.24, 2.45) is 11.3 Å². The van der Waals surface area contributed by atoms with Gasteiger partial charge in [-0.1, -0.05) is 81.4 Å². The molecule has 0 saturated heterocycles. The Morgan fingerprint density at radius 1 is 0.895 bits per heavy atom. The lowest BCUT2D eigenvalue weighted by atomic mass is 9.85. The van der Waals surface area contributed by atoms with Crippen molar-refractivity contribution in [3.8, 4) is 0 Å². The number of amides is 2. The first-order chi connectivity index (χ1) is 17.8. The van der Waals surface area contributed by atoms with Crippen molar-refractivity contribution >= 4 is 17.8 Å². The molecule has 0 aliphatic heterocycles. The predicted molar refractivity (Wildman–Crippen MR) is 150 cm³/mol. The molecule has 206 valence electrons. The van der Waals surface area contributed by atoms with Crippen molar-refractivity contribution in [3.05, 3.63) is 71.8 Å². The highest BCUT2D eigenvalue weighted by atomic mass is 16.6. The summed E-state index contributed by atoms with van der Waals surface area (Å²) in [4.78, 5) is 39.6. The Labute approximate surface area is 227 Å². The summed E-state index contributed by atoms with van der Waals surface area (Å²) in [5, 5.41) is 6.15. The highest BCUT2D eigenvalue weighted by Gasteiger charge is 2.43. The molecule has 2 amide bonds. The molecule has 1 saturated carbocycles. The Morgan fingerprint density at radius 2 is 1.50 bits per heavy atom.